The van der Waals surface area contributed by atoms with Gasteiger partial charge >= 0.3 is 0 Å². The molecule has 0 aliphatic heterocycles. The molecule has 1 aromatic heterocycles. The lowest BCUT2D eigenvalue weighted by Gasteiger charge is -1.98. The Bertz CT molecular complexity index is 261. The van der Waals surface area contributed by atoms with Gasteiger partial charge < -0.3 is 4.74 Å². The van der Waals surface area contributed by atoms with Crippen molar-refractivity contribution in [3.05, 3.63) is 23.9 Å². The van der Waals surface area contributed by atoms with Crippen molar-refractivity contribution in [2.75, 3.05) is 6.61 Å². The van der Waals surface area contributed by atoms with E-state index in [4.69, 9.17) is 10.00 Å². The number of hydrogen-bond acceptors (Lipinski definition) is 3. The number of hydrogen-bond donors (Lipinski definition) is 0. The molecule has 0 unspecified atom stereocenters. The molecule has 13 heavy (non-hydrogen) atoms. The summed E-state index contributed by atoms with van der Waals surface area (Å²) in [5.74, 6) is 0.562. The Kier molecular flexibility index (Phi) is 6.26. The second-order valence-corrected chi connectivity index (χ2v) is 1.93. The van der Waals surface area contributed by atoms with Gasteiger partial charge in [-0.3, -0.25) is 0 Å². The Balaban J connectivity index is 0.000000671. The van der Waals surface area contributed by atoms with Crippen LogP contribution in [0.2, 0.25) is 0 Å². The zero-order valence-corrected chi connectivity index (χ0v) is 8.24. The van der Waals surface area contributed by atoms with Crippen molar-refractivity contribution in [2.45, 2.75) is 20.8 Å². The highest BCUT2D eigenvalue weighted by atomic mass is 16.5. The predicted molar refractivity (Wildman–Crippen MR) is 51.5 cm³/mol. The molecule has 70 valence electrons. The van der Waals surface area contributed by atoms with Crippen LogP contribution in [0, 0.1) is 11.3 Å². The first-order valence-electron chi connectivity index (χ1n) is 4.35. The monoisotopic (exact) mass is 178 g/mol. The van der Waals surface area contributed by atoms with Crippen LogP contribution in [0.5, 0.6) is 5.88 Å². The zero-order chi connectivity index (χ0) is 10.1. The van der Waals surface area contributed by atoms with E-state index in [0.29, 0.717) is 18.1 Å². The zero-order valence-electron chi connectivity index (χ0n) is 8.24. The molecule has 0 fully saturated rings. The summed E-state index contributed by atoms with van der Waals surface area (Å²) in [5, 5.41) is 8.43. The van der Waals surface area contributed by atoms with Gasteiger partial charge in [-0.15, -0.1) is 0 Å². The van der Waals surface area contributed by atoms with Crippen molar-refractivity contribution in [2.24, 2.45) is 0 Å². The molecule has 0 amide bonds. The summed E-state index contributed by atoms with van der Waals surface area (Å²) in [7, 11) is 0. The van der Waals surface area contributed by atoms with E-state index in [1.54, 1.807) is 12.1 Å². The minimum absolute atomic E-state index is 0.549. The van der Waals surface area contributed by atoms with Gasteiger partial charge in [-0.2, -0.15) is 5.26 Å². The van der Waals surface area contributed by atoms with E-state index in [9.17, 15) is 0 Å². The van der Waals surface area contributed by atoms with Crippen LogP contribution in [0.3, 0.4) is 0 Å². The van der Waals surface area contributed by atoms with Crippen molar-refractivity contribution < 1.29 is 4.74 Å². The van der Waals surface area contributed by atoms with Gasteiger partial charge in [-0.25, -0.2) is 4.98 Å². The fourth-order valence-electron chi connectivity index (χ4n) is 0.680. The van der Waals surface area contributed by atoms with Crippen LogP contribution in [0.25, 0.3) is 0 Å². The smallest absolute Gasteiger partial charge is 0.213 e. The highest BCUT2D eigenvalue weighted by Crippen LogP contribution is 2.05. The SMILES string of the molecule is CC.CCOc1ccc(C#N)cn1. The maximum atomic E-state index is 8.43. The van der Waals surface area contributed by atoms with Crippen LogP contribution >= 0.6 is 0 Å². The van der Waals surface area contributed by atoms with E-state index in [1.807, 2.05) is 26.8 Å². The predicted octanol–water partition coefficient (Wildman–Crippen LogP) is 2.38. The van der Waals surface area contributed by atoms with Crippen LogP contribution in [0.4, 0.5) is 0 Å². The third kappa shape index (κ3) is 4.12. The minimum Gasteiger partial charge on any atom is -0.478 e. The molecule has 3 nitrogen and oxygen atoms in total. The number of nitrogens with zero attached hydrogens (tertiary/aromatic N) is 2. The van der Waals surface area contributed by atoms with Crippen LogP contribution in [0.1, 0.15) is 26.3 Å². The van der Waals surface area contributed by atoms with Gasteiger partial charge in [-0.1, -0.05) is 13.8 Å². The molecule has 0 N–H and O–H groups in total. The Labute approximate surface area is 79.0 Å². The van der Waals surface area contributed by atoms with Gasteiger partial charge in [0.05, 0.1) is 12.2 Å². The van der Waals surface area contributed by atoms with E-state index in [1.165, 1.54) is 6.20 Å². The Morgan fingerprint density at radius 2 is 2.15 bits per heavy atom. The summed E-state index contributed by atoms with van der Waals surface area (Å²) in [6.45, 7) is 6.48. The molecule has 0 saturated heterocycles. The standard InChI is InChI=1S/C8H8N2O.C2H6/c1-2-11-8-4-3-7(5-9)6-10-8;1-2/h3-4,6H,2H2,1H3;1-2H3. The van der Waals surface area contributed by atoms with Crippen LogP contribution < -0.4 is 4.74 Å². The van der Waals surface area contributed by atoms with Crippen LogP contribution in [0.15, 0.2) is 18.3 Å². The number of ether oxygens (including phenoxy) is 1. The summed E-state index contributed by atoms with van der Waals surface area (Å²) in [6.07, 6.45) is 1.49. The Morgan fingerprint density at radius 1 is 1.46 bits per heavy atom. The van der Waals surface area contributed by atoms with Gasteiger partial charge in [0.15, 0.2) is 0 Å². The summed E-state index contributed by atoms with van der Waals surface area (Å²) < 4.78 is 5.08. The van der Waals surface area contributed by atoms with E-state index in [0.717, 1.165) is 0 Å². The topological polar surface area (TPSA) is 45.9 Å². The molecular weight excluding hydrogens is 164 g/mol. The van der Waals surface area contributed by atoms with E-state index in [2.05, 4.69) is 4.98 Å². The highest BCUT2D eigenvalue weighted by molar-refractivity contribution is 5.28. The lowest BCUT2D eigenvalue weighted by molar-refractivity contribution is 0.327. The molecule has 0 aromatic carbocycles. The second kappa shape index (κ2) is 7.11. The average molecular weight is 178 g/mol. The quantitative estimate of drug-likeness (QED) is 0.698. The van der Waals surface area contributed by atoms with Crippen molar-refractivity contribution >= 4 is 0 Å². The van der Waals surface area contributed by atoms with Crippen LogP contribution in [-0.2, 0) is 0 Å². The number of pyridine rings is 1. The molecule has 0 bridgehead atoms. The first-order valence-corrected chi connectivity index (χ1v) is 4.35. The van der Waals surface area contributed by atoms with Gasteiger partial charge in [-0.05, 0) is 13.0 Å². The van der Waals surface area contributed by atoms with Gasteiger partial charge in [0.1, 0.15) is 6.07 Å². The van der Waals surface area contributed by atoms with Gasteiger partial charge in [0.2, 0.25) is 5.88 Å². The largest absolute Gasteiger partial charge is 0.478 e. The lowest BCUT2D eigenvalue weighted by Crippen LogP contribution is -1.93. The molecule has 0 spiro atoms. The van der Waals surface area contributed by atoms with Crippen LogP contribution in [-0.4, -0.2) is 11.6 Å². The van der Waals surface area contributed by atoms with E-state index < -0.39 is 0 Å². The molecule has 1 aromatic rings. The summed E-state index contributed by atoms with van der Waals surface area (Å²) in [5.41, 5.74) is 0.549. The second-order valence-electron chi connectivity index (χ2n) is 1.93. The van der Waals surface area contributed by atoms with Crippen molar-refractivity contribution in [3.8, 4) is 11.9 Å². The minimum atomic E-state index is 0.549. The Hall–Kier alpha value is -1.56. The third-order valence-electron chi connectivity index (χ3n) is 1.16. The molecule has 1 rings (SSSR count). The molecule has 0 saturated carbocycles. The highest BCUT2D eigenvalue weighted by Gasteiger charge is 1.92. The maximum Gasteiger partial charge on any atom is 0.213 e. The van der Waals surface area contributed by atoms with Crippen molar-refractivity contribution in [1.29, 1.82) is 5.26 Å². The van der Waals surface area contributed by atoms with E-state index in [-0.39, 0.29) is 0 Å². The van der Waals surface area contributed by atoms with Gasteiger partial charge in [0.25, 0.3) is 0 Å². The maximum absolute atomic E-state index is 8.43. The molecule has 0 aliphatic carbocycles. The first-order chi connectivity index (χ1) is 6.36. The fraction of sp³-hybridized carbons (Fsp3) is 0.400. The Morgan fingerprint density at radius 3 is 2.54 bits per heavy atom. The fourth-order valence-corrected chi connectivity index (χ4v) is 0.680. The van der Waals surface area contributed by atoms with Crippen molar-refractivity contribution in [3.63, 3.8) is 0 Å². The molecule has 3 heteroatoms. The molecule has 0 radical (unpaired) electrons. The van der Waals surface area contributed by atoms with Gasteiger partial charge in [0, 0.05) is 12.3 Å². The summed E-state index contributed by atoms with van der Waals surface area (Å²) in [6, 6.07) is 5.34. The summed E-state index contributed by atoms with van der Waals surface area (Å²) >= 11 is 0. The first kappa shape index (κ1) is 11.4. The molecular formula is C10H14N2O. The average Bonchev–Trinajstić information content (AvgIpc) is 2.23. The molecule has 1 heterocycles. The van der Waals surface area contributed by atoms with Crippen molar-refractivity contribution in [1.82, 2.24) is 4.98 Å². The molecule has 0 atom stereocenters. The summed E-state index contributed by atoms with van der Waals surface area (Å²) in [4.78, 5) is 3.89. The number of nitriles is 1. The lowest BCUT2D eigenvalue weighted by atomic mass is 10.3. The molecule has 0 aliphatic rings. The number of aromatic nitrogens is 1. The normalized spacial score (nSPS) is 7.85. The third-order valence-corrected chi connectivity index (χ3v) is 1.16. The number of rotatable bonds is 2. The van der Waals surface area contributed by atoms with E-state index >= 15 is 0 Å².